The van der Waals surface area contributed by atoms with Crippen molar-refractivity contribution in [3.05, 3.63) is 180 Å². The highest BCUT2D eigenvalue weighted by Gasteiger charge is 2.49. The number of aromatic nitrogens is 4. The molecule has 0 bridgehead atoms. The zero-order valence-corrected chi connectivity index (χ0v) is 31.3. The lowest BCUT2D eigenvalue weighted by atomic mass is 9.75. The molecule has 11 rings (SSSR count). The number of hydrogen-bond donors (Lipinski definition) is 0. The topological polar surface area (TPSA) is 43.6 Å². The second-order valence-electron chi connectivity index (χ2n) is 16.1. The normalized spacial score (nSPS) is 15.1. The van der Waals surface area contributed by atoms with E-state index in [0.29, 0.717) is 0 Å². The number of allylic oxidation sites excluding steroid dienone is 2. The first-order valence-electron chi connectivity index (χ1n) is 19.1. The van der Waals surface area contributed by atoms with Crippen molar-refractivity contribution < 1.29 is 0 Å². The summed E-state index contributed by atoms with van der Waals surface area (Å²) < 4.78 is 2.26. The van der Waals surface area contributed by atoms with Crippen molar-refractivity contribution in [1.82, 2.24) is 19.5 Å². The number of para-hydroxylation sites is 3. The Kier molecular flexibility index (Phi) is 6.61. The van der Waals surface area contributed by atoms with Crippen LogP contribution in [0.3, 0.4) is 0 Å². The average molecular weight is 707 g/mol. The highest BCUT2D eigenvalue weighted by molar-refractivity contribution is 6.10. The van der Waals surface area contributed by atoms with Gasteiger partial charge < -0.3 is 0 Å². The number of benzene rings is 6. The van der Waals surface area contributed by atoms with Gasteiger partial charge in [0, 0.05) is 44.6 Å². The smallest absolute Gasteiger partial charge is 0.145 e. The van der Waals surface area contributed by atoms with Gasteiger partial charge in [-0.05, 0) is 93.1 Å². The molecule has 0 atom stereocenters. The van der Waals surface area contributed by atoms with Crippen molar-refractivity contribution in [2.75, 3.05) is 0 Å². The summed E-state index contributed by atoms with van der Waals surface area (Å²) in [6, 6.07) is 54.6. The van der Waals surface area contributed by atoms with Crippen LogP contribution < -0.4 is 0 Å². The Morgan fingerprint density at radius 2 is 1.07 bits per heavy atom. The molecule has 0 radical (unpaired) electrons. The first-order chi connectivity index (χ1) is 26.8. The van der Waals surface area contributed by atoms with Gasteiger partial charge in [0.1, 0.15) is 5.82 Å². The second-order valence-corrected chi connectivity index (χ2v) is 16.1. The van der Waals surface area contributed by atoms with E-state index in [9.17, 15) is 0 Å². The third-order valence-electron chi connectivity index (χ3n) is 12.2. The molecule has 0 saturated carbocycles. The number of hydrogen-bond acceptors (Lipinski definition) is 3. The van der Waals surface area contributed by atoms with E-state index in [0.717, 1.165) is 61.2 Å². The predicted molar refractivity (Wildman–Crippen MR) is 227 cm³/mol. The van der Waals surface area contributed by atoms with Crippen LogP contribution in [-0.4, -0.2) is 19.5 Å². The number of pyridine rings is 2. The predicted octanol–water partition coefficient (Wildman–Crippen LogP) is 12.6. The quantitative estimate of drug-likeness (QED) is 0.171. The molecule has 2 aliphatic rings. The molecule has 0 unspecified atom stereocenters. The van der Waals surface area contributed by atoms with E-state index in [4.69, 9.17) is 15.0 Å². The standard InChI is InChI=1S/C51H38N4/c1-50(2)40-29-35(31-16-20-34(21-17-31)49-54-43-14-8-9-15-44(43)55(49)37-12-6-5-7-13-37)22-25-38(40)45-46(50)39-26-23-36(30-41(39)51(45,3)4)42-27-24-33-19-18-32-11-10-28-52-47(32)48(33)53-42/h5-30H,1-4H3. The van der Waals surface area contributed by atoms with E-state index in [1.807, 2.05) is 12.3 Å². The minimum absolute atomic E-state index is 0.156. The third kappa shape index (κ3) is 4.61. The van der Waals surface area contributed by atoms with Crippen LogP contribution in [0.4, 0.5) is 0 Å². The molecular weight excluding hydrogens is 669 g/mol. The molecule has 0 saturated heterocycles. The molecule has 9 aromatic rings. The summed E-state index contributed by atoms with van der Waals surface area (Å²) in [5.41, 5.74) is 18.8. The largest absolute Gasteiger partial charge is 0.292 e. The third-order valence-corrected chi connectivity index (χ3v) is 12.2. The summed E-state index contributed by atoms with van der Waals surface area (Å²) >= 11 is 0. The Morgan fingerprint density at radius 3 is 1.82 bits per heavy atom. The summed E-state index contributed by atoms with van der Waals surface area (Å²) in [4.78, 5) is 15.0. The average Bonchev–Trinajstić information content (AvgIpc) is 3.81. The molecule has 4 nitrogen and oxygen atoms in total. The van der Waals surface area contributed by atoms with Gasteiger partial charge in [0.15, 0.2) is 0 Å². The Hall–Kier alpha value is -6.65. The van der Waals surface area contributed by atoms with Crippen molar-refractivity contribution in [3.8, 4) is 39.5 Å². The maximum absolute atomic E-state index is 5.19. The van der Waals surface area contributed by atoms with Crippen LogP contribution >= 0.6 is 0 Å². The van der Waals surface area contributed by atoms with Gasteiger partial charge in [-0.1, -0.05) is 131 Å². The summed E-state index contributed by atoms with van der Waals surface area (Å²) in [6.45, 7) is 9.59. The lowest BCUT2D eigenvalue weighted by Crippen LogP contribution is -2.19. The Bertz CT molecular complexity index is 3070. The molecule has 55 heavy (non-hydrogen) atoms. The van der Waals surface area contributed by atoms with E-state index < -0.39 is 0 Å². The molecule has 0 amide bonds. The Labute approximate surface area is 320 Å². The van der Waals surface area contributed by atoms with Gasteiger partial charge in [0.05, 0.1) is 27.8 Å². The molecule has 4 heteroatoms. The van der Waals surface area contributed by atoms with Gasteiger partial charge in [0.25, 0.3) is 0 Å². The summed E-state index contributed by atoms with van der Waals surface area (Å²) in [5.74, 6) is 0.945. The minimum Gasteiger partial charge on any atom is -0.292 e. The van der Waals surface area contributed by atoms with Crippen molar-refractivity contribution in [1.29, 1.82) is 0 Å². The number of fused-ring (bicyclic) bond motifs is 8. The van der Waals surface area contributed by atoms with E-state index in [-0.39, 0.29) is 10.8 Å². The molecule has 0 spiro atoms. The molecular formula is C51H38N4. The fraction of sp³-hybridized carbons (Fsp3) is 0.118. The van der Waals surface area contributed by atoms with Crippen LogP contribution in [-0.2, 0) is 10.8 Å². The molecule has 0 N–H and O–H groups in total. The SMILES string of the molecule is CC1(C)C2=C(c3ccc(-c4ccc(-c5nc6ccccc6n5-c5ccccc5)cc4)cc31)C(C)(C)c1cc(-c3ccc4ccc5cccnc5c4n3)ccc12. The number of imidazole rings is 1. The lowest BCUT2D eigenvalue weighted by Gasteiger charge is -2.28. The van der Waals surface area contributed by atoms with E-state index in [1.54, 1.807) is 0 Å². The zero-order chi connectivity index (χ0) is 37.1. The fourth-order valence-electron chi connectivity index (χ4n) is 9.49. The van der Waals surface area contributed by atoms with Crippen LogP contribution in [0.5, 0.6) is 0 Å². The van der Waals surface area contributed by atoms with Crippen LogP contribution in [0.25, 0.3) is 83.4 Å². The summed E-state index contributed by atoms with van der Waals surface area (Å²) in [5, 5.41) is 2.21. The van der Waals surface area contributed by atoms with Gasteiger partial charge in [0.2, 0.25) is 0 Å². The molecule has 262 valence electrons. The van der Waals surface area contributed by atoms with Crippen LogP contribution in [0.2, 0.25) is 0 Å². The van der Waals surface area contributed by atoms with Crippen molar-refractivity contribution in [3.63, 3.8) is 0 Å². The minimum atomic E-state index is -0.165. The monoisotopic (exact) mass is 706 g/mol. The molecule has 0 aliphatic heterocycles. The lowest BCUT2D eigenvalue weighted by molar-refractivity contribution is 0.694. The van der Waals surface area contributed by atoms with E-state index in [1.165, 1.54) is 44.5 Å². The van der Waals surface area contributed by atoms with Gasteiger partial charge in [-0.2, -0.15) is 0 Å². The van der Waals surface area contributed by atoms with Gasteiger partial charge in [-0.15, -0.1) is 0 Å². The maximum atomic E-state index is 5.19. The van der Waals surface area contributed by atoms with Crippen LogP contribution in [0.15, 0.2) is 158 Å². The first kappa shape index (κ1) is 31.8. The molecule has 2 aliphatic carbocycles. The van der Waals surface area contributed by atoms with Crippen molar-refractivity contribution in [2.24, 2.45) is 0 Å². The Morgan fingerprint density at radius 1 is 0.473 bits per heavy atom. The zero-order valence-electron chi connectivity index (χ0n) is 31.3. The van der Waals surface area contributed by atoms with Crippen LogP contribution in [0, 0.1) is 0 Å². The van der Waals surface area contributed by atoms with Crippen LogP contribution in [0.1, 0.15) is 49.9 Å². The second kappa shape index (κ2) is 11.4. The van der Waals surface area contributed by atoms with E-state index in [2.05, 4.69) is 178 Å². The molecule has 3 aromatic heterocycles. The fourth-order valence-corrected chi connectivity index (χ4v) is 9.49. The molecule has 0 fully saturated rings. The number of rotatable bonds is 4. The Balaban J connectivity index is 0.944. The highest BCUT2D eigenvalue weighted by atomic mass is 15.1. The summed E-state index contributed by atoms with van der Waals surface area (Å²) in [7, 11) is 0. The summed E-state index contributed by atoms with van der Waals surface area (Å²) in [6.07, 6.45) is 1.85. The maximum Gasteiger partial charge on any atom is 0.145 e. The number of nitrogens with zero attached hydrogens (tertiary/aromatic N) is 4. The van der Waals surface area contributed by atoms with Gasteiger partial charge in [-0.3, -0.25) is 9.55 Å². The molecule has 3 heterocycles. The molecule has 6 aromatic carbocycles. The van der Waals surface area contributed by atoms with E-state index >= 15 is 0 Å². The highest BCUT2D eigenvalue weighted by Crippen LogP contribution is 2.63. The first-order valence-corrected chi connectivity index (χ1v) is 19.1. The van der Waals surface area contributed by atoms with Crippen molar-refractivity contribution in [2.45, 2.75) is 38.5 Å². The van der Waals surface area contributed by atoms with Gasteiger partial charge >= 0.3 is 0 Å². The van der Waals surface area contributed by atoms with Crippen molar-refractivity contribution >= 4 is 44.0 Å². The van der Waals surface area contributed by atoms with Gasteiger partial charge in [-0.25, -0.2) is 9.97 Å².